The maximum atomic E-state index is 14.0. The summed E-state index contributed by atoms with van der Waals surface area (Å²) in [5.41, 5.74) is 0.621. The van der Waals surface area contributed by atoms with Gasteiger partial charge in [-0.1, -0.05) is 18.2 Å². The Morgan fingerprint density at radius 1 is 1.00 bits per heavy atom. The molecule has 0 aliphatic carbocycles. The number of hydrogen-bond acceptors (Lipinski definition) is 4. The fourth-order valence-electron chi connectivity index (χ4n) is 4.04. The van der Waals surface area contributed by atoms with E-state index in [1.165, 1.54) is 12.3 Å². The molecule has 1 aromatic heterocycles. The van der Waals surface area contributed by atoms with E-state index in [-0.39, 0.29) is 23.7 Å². The number of likely N-dealkylation sites (tertiary alicyclic amines) is 1. The van der Waals surface area contributed by atoms with Crippen molar-refractivity contribution in [3.63, 3.8) is 0 Å². The van der Waals surface area contributed by atoms with Crippen molar-refractivity contribution in [1.82, 2.24) is 14.7 Å². The SMILES string of the molecule is O=C(c1ccco1)N1CCN(C(=O)C2CCCN2Cc2ccccc2F)CC1. The number of rotatable bonds is 4. The quantitative estimate of drug-likeness (QED) is 0.811. The first-order chi connectivity index (χ1) is 13.6. The molecule has 0 spiro atoms. The molecule has 1 aromatic carbocycles. The van der Waals surface area contributed by atoms with E-state index in [1.807, 2.05) is 11.0 Å². The number of furan rings is 1. The molecule has 4 rings (SSSR count). The molecule has 2 aromatic rings. The van der Waals surface area contributed by atoms with Gasteiger partial charge in [0, 0.05) is 38.3 Å². The van der Waals surface area contributed by atoms with Gasteiger partial charge in [0.2, 0.25) is 5.91 Å². The van der Waals surface area contributed by atoms with Crippen molar-refractivity contribution in [2.45, 2.75) is 25.4 Å². The highest BCUT2D eigenvalue weighted by molar-refractivity contribution is 5.91. The second kappa shape index (κ2) is 8.14. The van der Waals surface area contributed by atoms with Crippen LogP contribution in [0.3, 0.4) is 0 Å². The molecule has 2 saturated heterocycles. The summed E-state index contributed by atoms with van der Waals surface area (Å²) in [6.45, 7) is 3.24. The van der Waals surface area contributed by atoms with Crippen LogP contribution in [0.2, 0.25) is 0 Å². The molecule has 2 aliphatic rings. The number of nitrogens with zero attached hydrogens (tertiary/aromatic N) is 3. The second-order valence-corrected chi connectivity index (χ2v) is 7.31. The number of benzene rings is 1. The lowest BCUT2D eigenvalue weighted by molar-refractivity contribution is -0.137. The molecule has 1 unspecified atom stereocenters. The average Bonchev–Trinajstić information content (AvgIpc) is 3.41. The summed E-state index contributed by atoms with van der Waals surface area (Å²) >= 11 is 0. The van der Waals surface area contributed by atoms with Crippen LogP contribution in [0.5, 0.6) is 0 Å². The van der Waals surface area contributed by atoms with Gasteiger partial charge in [-0.05, 0) is 37.6 Å². The van der Waals surface area contributed by atoms with Crippen molar-refractivity contribution in [1.29, 1.82) is 0 Å². The van der Waals surface area contributed by atoms with Gasteiger partial charge in [-0.15, -0.1) is 0 Å². The zero-order chi connectivity index (χ0) is 19.5. The molecular formula is C21H24FN3O3. The average molecular weight is 385 g/mol. The monoisotopic (exact) mass is 385 g/mol. The van der Waals surface area contributed by atoms with E-state index in [0.29, 0.717) is 44.0 Å². The van der Waals surface area contributed by atoms with Crippen molar-refractivity contribution in [2.24, 2.45) is 0 Å². The predicted octanol–water partition coefficient (Wildman–Crippen LogP) is 2.37. The highest BCUT2D eigenvalue weighted by atomic mass is 19.1. The van der Waals surface area contributed by atoms with Gasteiger partial charge in [-0.25, -0.2) is 4.39 Å². The highest BCUT2D eigenvalue weighted by Gasteiger charge is 2.35. The molecule has 148 valence electrons. The molecular weight excluding hydrogens is 361 g/mol. The van der Waals surface area contributed by atoms with Crippen LogP contribution >= 0.6 is 0 Å². The van der Waals surface area contributed by atoms with E-state index in [2.05, 4.69) is 4.90 Å². The van der Waals surface area contributed by atoms with Crippen LogP contribution in [-0.4, -0.2) is 65.3 Å². The Bertz CT molecular complexity index is 831. The fourth-order valence-corrected chi connectivity index (χ4v) is 4.04. The second-order valence-electron chi connectivity index (χ2n) is 7.31. The van der Waals surface area contributed by atoms with Gasteiger partial charge in [0.15, 0.2) is 5.76 Å². The highest BCUT2D eigenvalue weighted by Crippen LogP contribution is 2.23. The van der Waals surface area contributed by atoms with E-state index in [0.717, 1.165) is 19.4 Å². The minimum absolute atomic E-state index is 0.0823. The molecule has 7 heteroatoms. The largest absolute Gasteiger partial charge is 0.459 e. The summed E-state index contributed by atoms with van der Waals surface area (Å²) in [7, 11) is 0. The Balaban J connectivity index is 1.35. The van der Waals surface area contributed by atoms with Crippen LogP contribution in [-0.2, 0) is 11.3 Å². The molecule has 28 heavy (non-hydrogen) atoms. The van der Waals surface area contributed by atoms with Crippen molar-refractivity contribution in [3.05, 3.63) is 59.8 Å². The molecule has 0 saturated carbocycles. The lowest BCUT2D eigenvalue weighted by atomic mass is 10.1. The summed E-state index contributed by atoms with van der Waals surface area (Å²) in [6.07, 6.45) is 3.21. The molecule has 0 bridgehead atoms. The van der Waals surface area contributed by atoms with Gasteiger partial charge in [-0.3, -0.25) is 14.5 Å². The third kappa shape index (κ3) is 3.80. The summed E-state index contributed by atoms with van der Waals surface area (Å²) in [4.78, 5) is 31.0. The molecule has 3 heterocycles. The molecule has 6 nitrogen and oxygen atoms in total. The van der Waals surface area contributed by atoms with Gasteiger partial charge >= 0.3 is 0 Å². The lowest BCUT2D eigenvalue weighted by Crippen LogP contribution is -2.54. The zero-order valence-corrected chi connectivity index (χ0v) is 15.7. The van der Waals surface area contributed by atoms with E-state index in [9.17, 15) is 14.0 Å². The maximum Gasteiger partial charge on any atom is 0.289 e. The summed E-state index contributed by atoms with van der Waals surface area (Å²) in [5.74, 6) is 0.0374. The van der Waals surface area contributed by atoms with Crippen molar-refractivity contribution >= 4 is 11.8 Å². The number of carbonyl (C=O) groups excluding carboxylic acids is 2. The predicted molar refractivity (Wildman–Crippen MR) is 101 cm³/mol. The van der Waals surface area contributed by atoms with E-state index in [1.54, 1.807) is 29.2 Å². The molecule has 0 radical (unpaired) electrons. The normalized spacial score (nSPS) is 20.5. The standard InChI is InChI=1S/C21H24FN3O3/c22-17-6-2-1-5-16(17)15-25-9-3-7-18(25)20(26)23-10-12-24(13-11-23)21(27)19-8-4-14-28-19/h1-2,4-6,8,14,18H,3,7,9-13,15H2. The first-order valence-electron chi connectivity index (χ1n) is 9.72. The van der Waals surface area contributed by atoms with Gasteiger partial charge in [0.05, 0.1) is 12.3 Å². The lowest BCUT2D eigenvalue weighted by Gasteiger charge is -2.37. The minimum atomic E-state index is -0.231. The van der Waals surface area contributed by atoms with Crippen LogP contribution in [0.1, 0.15) is 29.0 Å². The van der Waals surface area contributed by atoms with Crippen LogP contribution in [0, 0.1) is 5.82 Å². The smallest absolute Gasteiger partial charge is 0.289 e. The summed E-state index contributed by atoms with van der Waals surface area (Å²) in [5, 5.41) is 0. The first kappa shape index (κ1) is 18.7. The topological polar surface area (TPSA) is 57.0 Å². The molecule has 1 atom stereocenters. The van der Waals surface area contributed by atoms with Gasteiger partial charge in [0.25, 0.3) is 5.91 Å². The molecule has 0 N–H and O–H groups in total. The fraction of sp³-hybridized carbons (Fsp3) is 0.429. The number of amides is 2. The van der Waals surface area contributed by atoms with Crippen molar-refractivity contribution < 1.29 is 18.4 Å². The van der Waals surface area contributed by atoms with Gasteiger partial charge in [-0.2, -0.15) is 0 Å². The van der Waals surface area contributed by atoms with Crippen LogP contribution < -0.4 is 0 Å². The Kier molecular flexibility index (Phi) is 5.43. The van der Waals surface area contributed by atoms with Crippen LogP contribution in [0.25, 0.3) is 0 Å². The van der Waals surface area contributed by atoms with Crippen molar-refractivity contribution in [2.75, 3.05) is 32.7 Å². The third-order valence-electron chi connectivity index (χ3n) is 5.59. The molecule has 2 aliphatic heterocycles. The Morgan fingerprint density at radius 2 is 1.75 bits per heavy atom. The number of hydrogen-bond donors (Lipinski definition) is 0. The van der Waals surface area contributed by atoms with Gasteiger partial charge < -0.3 is 14.2 Å². The van der Waals surface area contributed by atoms with E-state index < -0.39 is 0 Å². The first-order valence-corrected chi connectivity index (χ1v) is 9.72. The molecule has 2 fully saturated rings. The number of halogens is 1. The Morgan fingerprint density at radius 3 is 2.46 bits per heavy atom. The zero-order valence-electron chi connectivity index (χ0n) is 15.7. The Hall–Kier alpha value is -2.67. The van der Waals surface area contributed by atoms with Crippen LogP contribution in [0.4, 0.5) is 4.39 Å². The van der Waals surface area contributed by atoms with Crippen molar-refractivity contribution in [3.8, 4) is 0 Å². The summed E-state index contributed by atoms with van der Waals surface area (Å²) < 4.78 is 19.2. The minimum Gasteiger partial charge on any atom is -0.459 e. The number of carbonyl (C=O) groups is 2. The maximum absolute atomic E-state index is 14.0. The molecule has 2 amide bonds. The van der Waals surface area contributed by atoms with Crippen LogP contribution in [0.15, 0.2) is 47.1 Å². The third-order valence-corrected chi connectivity index (χ3v) is 5.59. The van der Waals surface area contributed by atoms with E-state index in [4.69, 9.17) is 4.42 Å². The van der Waals surface area contributed by atoms with E-state index >= 15 is 0 Å². The number of piperazine rings is 1. The Labute approximate surface area is 163 Å². The van der Waals surface area contributed by atoms with Gasteiger partial charge in [0.1, 0.15) is 5.82 Å². The summed E-state index contributed by atoms with van der Waals surface area (Å²) in [6, 6.07) is 9.85.